The molecular formula is C6Cl6. The summed E-state index contributed by atoms with van der Waals surface area (Å²) in [5.74, 6) is 4.67. The lowest BCUT2D eigenvalue weighted by atomic mass is 10.5. The van der Waals surface area contributed by atoms with Crippen molar-refractivity contribution in [2.24, 2.45) is 0 Å². The molecule has 0 heterocycles. The first-order valence-corrected chi connectivity index (χ1v) is 4.65. The Morgan fingerprint density at radius 2 is 0.833 bits per heavy atom. The molecular weight excluding hydrogens is 285 g/mol. The summed E-state index contributed by atoms with van der Waals surface area (Å²) in [5, 5.41) is -0.0443. The average molecular weight is 285 g/mol. The van der Waals surface area contributed by atoms with Gasteiger partial charge in [-0.1, -0.05) is 69.6 Å². The number of hydrogen-bond acceptors (Lipinski definition) is 0. The predicted molar refractivity (Wildman–Crippen MR) is 56.9 cm³/mol. The number of hydrogen-bond donors (Lipinski definition) is 0. The van der Waals surface area contributed by atoms with Gasteiger partial charge in [-0.15, -0.1) is 0 Å². The second-order valence-corrected chi connectivity index (χ2v) is 4.05. The third kappa shape index (κ3) is 5.43. The van der Waals surface area contributed by atoms with E-state index in [4.69, 9.17) is 69.6 Å². The van der Waals surface area contributed by atoms with E-state index in [1.54, 1.807) is 0 Å². The maximum Gasteiger partial charge on any atom is 0.133 e. The maximum absolute atomic E-state index is 5.44. The van der Waals surface area contributed by atoms with Gasteiger partial charge in [-0.05, 0) is 11.8 Å². The molecule has 0 aromatic rings. The van der Waals surface area contributed by atoms with Crippen molar-refractivity contribution in [3.05, 3.63) is 19.0 Å². The molecule has 0 bridgehead atoms. The fourth-order valence-electron chi connectivity index (χ4n) is 0.204. The van der Waals surface area contributed by atoms with Gasteiger partial charge in [0.05, 0.1) is 0 Å². The SMILES string of the molecule is ClC(Cl)=C(Cl)C#CC(Cl)=C(Cl)Cl. The van der Waals surface area contributed by atoms with Crippen LogP contribution in [0.2, 0.25) is 0 Å². The van der Waals surface area contributed by atoms with Crippen molar-refractivity contribution in [2.75, 3.05) is 0 Å². The largest absolute Gasteiger partial charge is 0.133 e. The minimum Gasteiger partial charge on any atom is -0.0718 e. The molecule has 66 valence electrons. The number of rotatable bonds is 0. The molecule has 6 heteroatoms. The van der Waals surface area contributed by atoms with Crippen LogP contribution in [0.1, 0.15) is 0 Å². The minimum atomic E-state index is -0.140. The van der Waals surface area contributed by atoms with Gasteiger partial charge in [-0.25, -0.2) is 0 Å². The first-order chi connectivity index (χ1) is 5.45. The van der Waals surface area contributed by atoms with Crippen LogP contribution in [0.3, 0.4) is 0 Å². The quantitative estimate of drug-likeness (QED) is 0.563. The zero-order chi connectivity index (χ0) is 9.72. The Labute approximate surface area is 100 Å². The number of halogens is 6. The van der Waals surface area contributed by atoms with E-state index >= 15 is 0 Å². The molecule has 0 aliphatic rings. The van der Waals surface area contributed by atoms with Crippen LogP contribution in [0.5, 0.6) is 0 Å². The molecule has 0 aromatic heterocycles. The van der Waals surface area contributed by atoms with Crippen LogP contribution in [0.25, 0.3) is 0 Å². The molecule has 0 aliphatic heterocycles. The fourth-order valence-corrected chi connectivity index (χ4v) is 0.488. The normalized spacial score (nSPS) is 8.17. The van der Waals surface area contributed by atoms with Crippen molar-refractivity contribution in [1.82, 2.24) is 0 Å². The summed E-state index contributed by atoms with van der Waals surface area (Å²) >= 11 is 32.0. The molecule has 0 atom stereocenters. The number of allylic oxidation sites excluding steroid dienone is 2. The molecule has 0 saturated carbocycles. The van der Waals surface area contributed by atoms with E-state index < -0.39 is 0 Å². The molecule has 12 heavy (non-hydrogen) atoms. The lowest BCUT2D eigenvalue weighted by Gasteiger charge is -1.84. The molecule has 0 nitrogen and oxygen atoms in total. The van der Waals surface area contributed by atoms with Crippen LogP contribution in [0.4, 0.5) is 0 Å². The molecule has 0 radical (unpaired) electrons. The molecule has 0 rings (SSSR count). The van der Waals surface area contributed by atoms with Crippen molar-refractivity contribution in [1.29, 1.82) is 0 Å². The van der Waals surface area contributed by atoms with Gasteiger partial charge in [0.25, 0.3) is 0 Å². The summed E-state index contributed by atoms with van der Waals surface area (Å²) < 4.78 is -0.279. The first-order valence-electron chi connectivity index (χ1n) is 2.38. The molecule has 0 fully saturated rings. The Morgan fingerprint density at radius 3 is 1.00 bits per heavy atom. The zero-order valence-electron chi connectivity index (χ0n) is 5.27. The van der Waals surface area contributed by atoms with Crippen LogP contribution in [-0.4, -0.2) is 0 Å². The Morgan fingerprint density at radius 1 is 0.583 bits per heavy atom. The van der Waals surface area contributed by atoms with E-state index in [-0.39, 0.29) is 19.0 Å². The van der Waals surface area contributed by atoms with Gasteiger partial charge in [-0.3, -0.25) is 0 Å². The highest BCUT2D eigenvalue weighted by molar-refractivity contribution is 6.60. The topological polar surface area (TPSA) is 0 Å². The summed E-state index contributed by atoms with van der Waals surface area (Å²) in [6.45, 7) is 0. The van der Waals surface area contributed by atoms with Gasteiger partial charge >= 0.3 is 0 Å². The average Bonchev–Trinajstić information content (AvgIpc) is 1.98. The smallest absolute Gasteiger partial charge is 0.0718 e. The second-order valence-electron chi connectivity index (χ2n) is 1.40. The Balaban J connectivity index is 4.66. The fraction of sp³-hybridized carbons (Fsp3) is 0. The van der Waals surface area contributed by atoms with Crippen molar-refractivity contribution >= 4 is 69.6 Å². The van der Waals surface area contributed by atoms with E-state index in [1.807, 2.05) is 0 Å². The van der Waals surface area contributed by atoms with Crippen LogP contribution < -0.4 is 0 Å². The summed E-state index contributed by atoms with van der Waals surface area (Å²) in [7, 11) is 0. The lowest BCUT2D eigenvalue weighted by molar-refractivity contribution is 2.00. The van der Waals surface area contributed by atoms with Crippen molar-refractivity contribution in [3.8, 4) is 11.8 Å². The van der Waals surface area contributed by atoms with E-state index in [1.165, 1.54) is 0 Å². The van der Waals surface area contributed by atoms with E-state index in [2.05, 4.69) is 11.8 Å². The monoisotopic (exact) mass is 282 g/mol. The Bertz CT molecular complexity index is 253. The van der Waals surface area contributed by atoms with Gasteiger partial charge in [0, 0.05) is 0 Å². The highest BCUT2D eigenvalue weighted by Gasteiger charge is 1.95. The Kier molecular flexibility index (Phi) is 6.67. The van der Waals surface area contributed by atoms with Gasteiger partial charge < -0.3 is 0 Å². The van der Waals surface area contributed by atoms with Gasteiger partial charge in [0.1, 0.15) is 19.0 Å². The zero-order valence-corrected chi connectivity index (χ0v) is 9.80. The summed E-state index contributed by atoms with van der Waals surface area (Å²) in [6, 6.07) is 0. The van der Waals surface area contributed by atoms with E-state index in [0.717, 1.165) is 0 Å². The highest BCUT2D eigenvalue weighted by atomic mass is 35.5. The van der Waals surface area contributed by atoms with Gasteiger partial charge in [-0.2, -0.15) is 0 Å². The molecule has 0 aromatic carbocycles. The molecule has 0 aliphatic carbocycles. The van der Waals surface area contributed by atoms with Crippen LogP contribution in [0.15, 0.2) is 19.0 Å². The molecule has 0 unspecified atom stereocenters. The minimum absolute atomic E-state index is 0.0222. The summed E-state index contributed by atoms with van der Waals surface area (Å²) in [5.41, 5.74) is 0. The third-order valence-electron chi connectivity index (χ3n) is 0.614. The van der Waals surface area contributed by atoms with E-state index in [0.29, 0.717) is 0 Å². The summed E-state index contributed by atoms with van der Waals surface area (Å²) in [6.07, 6.45) is 0. The molecule has 0 amide bonds. The molecule has 0 spiro atoms. The third-order valence-corrected chi connectivity index (χ3v) is 2.32. The van der Waals surface area contributed by atoms with Crippen molar-refractivity contribution in [3.63, 3.8) is 0 Å². The maximum atomic E-state index is 5.44. The van der Waals surface area contributed by atoms with Gasteiger partial charge in [0.15, 0.2) is 0 Å². The van der Waals surface area contributed by atoms with Crippen LogP contribution >= 0.6 is 69.6 Å². The first kappa shape index (κ1) is 12.8. The lowest BCUT2D eigenvalue weighted by Crippen LogP contribution is -1.68. The Hall–Kier alpha value is 0.780. The van der Waals surface area contributed by atoms with Crippen LogP contribution in [-0.2, 0) is 0 Å². The van der Waals surface area contributed by atoms with Crippen molar-refractivity contribution < 1.29 is 0 Å². The predicted octanol–water partition coefficient (Wildman–Crippen LogP) is 4.76. The van der Waals surface area contributed by atoms with Crippen LogP contribution in [0, 0.1) is 11.8 Å². The van der Waals surface area contributed by atoms with Gasteiger partial charge in [0.2, 0.25) is 0 Å². The van der Waals surface area contributed by atoms with Crippen molar-refractivity contribution in [2.45, 2.75) is 0 Å². The second kappa shape index (κ2) is 6.27. The summed E-state index contributed by atoms with van der Waals surface area (Å²) in [4.78, 5) is 0. The standard InChI is InChI=1S/C6Cl6/c7-3(5(9)10)1-2-4(8)6(11)12. The molecule has 0 N–H and O–H groups in total. The molecule has 0 saturated heterocycles. The van der Waals surface area contributed by atoms with E-state index in [9.17, 15) is 0 Å². The highest BCUT2D eigenvalue weighted by Crippen LogP contribution is 2.19.